The summed E-state index contributed by atoms with van der Waals surface area (Å²) in [5.74, 6) is -0.0672. The molecular weight excluding hydrogens is 216 g/mol. The third-order valence-electron chi connectivity index (χ3n) is 2.12. The molecule has 1 atom stereocenters. The zero-order valence-electron chi connectivity index (χ0n) is 18.3. The van der Waals surface area contributed by atoms with Crippen LogP contribution in [0.4, 0.5) is 0 Å². The molecular formula is C14H20O3. The van der Waals surface area contributed by atoms with Gasteiger partial charge in [-0.1, -0.05) is 38.8 Å². The van der Waals surface area contributed by atoms with Crippen LogP contribution in [0.2, 0.25) is 0 Å². The number of methoxy groups -OCH3 is 1. The lowest BCUT2D eigenvalue weighted by Crippen LogP contribution is -2.23. The Hall–Kier alpha value is -1.48. The van der Waals surface area contributed by atoms with E-state index in [-0.39, 0.29) is 11.5 Å². The maximum atomic E-state index is 10.4. The number of benzene rings is 1. The summed E-state index contributed by atoms with van der Waals surface area (Å²) in [6, 6.07) is 4.01. The van der Waals surface area contributed by atoms with Gasteiger partial charge < -0.3 is 14.9 Å². The van der Waals surface area contributed by atoms with Gasteiger partial charge in [0, 0.05) is 12.3 Å². The van der Waals surface area contributed by atoms with E-state index in [1.165, 1.54) is 25.3 Å². The van der Waals surface area contributed by atoms with Crippen LogP contribution in [-0.4, -0.2) is 23.4 Å². The first-order valence-corrected chi connectivity index (χ1v) is 4.83. The van der Waals surface area contributed by atoms with Crippen LogP contribution < -0.4 is 4.74 Å². The van der Waals surface area contributed by atoms with E-state index in [2.05, 4.69) is 0 Å². The van der Waals surface area contributed by atoms with Crippen molar-refractivity contribution in [2.24, 2.45) is 5.41 Å². The van der Waals surface area contributed by atoms with Gasteiger partial charge in [0.1, 0.15) is 0 Å². The summed E-state index contributed by atoms with van der Waals surface area (Å²) in [7, 11) is 1.31. The Morgan fingerprint density at radius 1 is 1.41 bits per heavy atom. The lowest BCUT2D eigenvalue weighted by atomic mass is 9.89. The fourth-order valence-corrected chi connectivity index (χ4v) is 1.14. The highest BCUT2D eigenvalue weighted by molar-refractivity contribution is 5.55. The number of aliphatic hydroxyl groups is 1. The van der Waals surface area contributed by atoms with E-state index in [4.69, 9.17) is 17.1 Å². The van der Waals surface area contributed by atoms with Crippen LogP contribution in [0.3, 0.4) is 0 Å². The number of rotatable bonds is 3. The highest BCUT2D eigenvalue weighted by Crippen LogP contribution is 2.27. The predicted octanol–water partition coefficient (Wildman–Crippen LogP) is 2.82. The van der Waals surface area contributed by atoms with Crippen molar-refractivity contribution >= 4 is 6.08 Å². The minimum absolute atomic E-state index is 0.0929. The average molecular weight is 245 g/mol. The van der Waals surface area contributed by atoms with Gasteiger partial charge in [-0.25, -0.2) is 0 Å². The SMILES string of the molecule is [2H]C([2H])([2H])C(C(O)/C=C/c1ccc(O)c(OC)c1)(C([2H])([2H])[2H])C([2H])([2H])[2H]. The Balaban J connectivity index is 3.45. The number of aliphatic hydroxyl groups excluding tert-OH is 1. The molecule has 1 unspecified atom stereocenters. The quantitative estimate of drug-likeness (QED) is 0.861. The number of aromatic hydroxyl groups is 1. The van der Waals surface area contributed by atoms with Gasteiger partial charge in [0.05, 0.1) is 13.2 Å². The molecule has 0 bridgehead atoms. The summed E-state index contributed by atoms with van der Waals surface area (Å²) < 4.78 is 72.6. The number of phenols is 1. The first-order valence-electron chi connectivity index (χ1n) is 9.33. The molecule has 0 heterocycles. The fraction of sp³-hybridized carbons (Fsp3) is 0.429. The molecule has 0 spiro atoms. The van der Waals surface area contributed by atoms with Crippen molar-refractivity contribution in [1.82, 2.24) is 0 Å². The molecule has 0 amide bonds. The summed E-state index contributed by atoms with van der Waals surface area (Å²) >= 11 is 0. The summed E-state index contributed by atoms with van der Waals surface area (Å²) in [4.78, 5) is 0. The molecule has 0 saturated carbocycles. The highest BCUT2D eigenvalue weighted by atomic mass is 16.5. The minimum Gasteiger partial charge on any atom is -0.504 e. The number of hydrogen-bond acceptors (Lipinski definition) is 3. The van der Waals surface area contributed by atoms with Crippen molar-refractivity contribution in [3.8, 4) is 11.5 Å². The third kappa shape index (κ3) is 3.79. The van der Waals surface area contributed by atoms with Gasteiger partial charge in [0.25, 0.3) is 0 Å². The Bertz CT molecular complexity index is 623. The lowest BCUT2D eigenvalue weighted by molar-refractivity contribution is 0.106. The minimum atomic E-state index is -3.50. The first kappa shape index (κ1) is 5.44. The zero-order valence-corrected chi connectivity index (χ0v) is 9.27. The smallest absolute Gasteiger partial charge is 0.161 e. The van der Waals surface area contributed by atoms with Crippen molar-refractivity contribution in [3.05, 3.63) is 29.8 Å². The fourth-order valence-electron chi connectivity index (χ4n) is 1.14. The van der Waals surface area contributed by atoms with Gasteiger partial charge in [-0.2, -0.15) is 0 Å². The second kappa shape index (κ2) is 5.23. The molecule has 0 radical (unpaired) electrons. The summed E-state index contributed by atoms with van der Waals surface area (Å²) in [5, 5.41) is 19.9. The molecule has 0 aliphatic heterocycles. The van der Waals surface area contributed by atoms with Crippen LogP contribution in [0, 0.1) is 5.41 Å². The van der Waals surface area contributed by atoms with Crippen LogP contribution in [-0.2, 0) is 0 Å². The maximum absolute atomic E-state index is 10.4. The number of phenolic OH excluding ortho intramolecular Hbond substituents is 1. The van der Waals surface area contributed by atoms with Gasteiger partial charge >= 0.3 is 0 Å². The van der Waals surface area contributed by atoms with Crippen molar-refractivity contribution in [3.63, 3.8) is 0 Å². The van der Waals surface area contributed by atoms with E-state index in [9.17, 15) is 10.2 Å². The van der Waals surface area contributed by atoms with E-state index in [0.29, 0.717) is 5.56 Å². The topological polar surface area (TPSA) is 49.7 Å². The molecule has 1 aromatic rings. The monoisotopic (exact) mass is 245 g/mol. The van der Waals surface area contributed by atoms with Gasteiger partial charge in [0.15, 0.2) is 11.5 Å². The molecule has 0 aliphatic carbocycles. The Kier molecular flexibility index (Phi) is 1.68. The summed E-state index contributed by atoms with van der Waals surface area (Å²) in [6.07, 6.45) is -0.364. The van der Waals surface area contributed by atoms with Crippen LogP contribution in [0.5, 0.6) is 11.5 Å². The molecule has 94 valence electrons. The van der Waals surface area contributed by atoms with E-state index in [0.717, 1.165) is 12.2 Å². The maximum Gasteiger partial charge on any atom is 0.161 e. The van der Waals surface area contributed by atoms with Gasteiger partial charge in [-0.15, -0.1) is 0 Å². The molecule has 0 aliphatic rings. The molecule has 0 saturated heterocycles. The van der Waals surface area contributed by atoms with Gasteiger partial charge in [-0.05, 0) is 23.1 Å². The van der Waals surface area contributed by atoms with E-state index in [1.54, 1.807) is 0 Å². The average Bonchev–Trinajstić information content (AvgIpc) is 2.42. The van der Waals surface area contributed by atoms with Crippen LogP contribution in [0.1, 0.15) is 38.5 Å². The van der Waals surface area contributed by atoms with Gasteiger partial charge in [-0.3, -0.25) is 0 Å². The molecule has 3 heteroatoms. The molecule has 17 heavy (non-hydrogen) atoms. The van der Waals surface area contributed by atoms with Crippen molar-refractivity contribution < 1.29 is 27.3 Å². The second-order valence-corrected chi connectivity index (χ2v) is 3.54. The summed E-state index contributed by atoms with van der Waals surface area (Å²) in [6.45, 7) is -10.5. The second-order valence-electron chi connectivity index (χ2n) is 3.54. The van der Waals surface area contributed by atoms with Crippen molar-refractivity contribution in [2.75, 3.05) is 7.11 Å². The zero-order chi connectivity index (χ0) is 20.6. The van der Waals surface area contributed by atoms with E-state index < -0.39 is 32.1 Å². The molecule has 1 rings (SSSR count). The number of hydrogen-bond donors (Lipinski definition) is 2. The van der Waals surface area contributed by atoms with Crippen molar-refractivity contribution in [1.29, 1.82) is 0 Å². The lowest BCUT2D eigenvalue weighted by Gasteiger charge is -2.22. The Morgan fingerprint density at radius 3 is 2.71 bits per heavy atom. The first-order chi connectivity index (χ1) is 11.6. The molecule has 0 fully saturated rings. The van der Waals surface area contributed by atoms with Crippen LogP contribution >= 0.6 is 0 Å². The van der Waals surface area contributed by atoms with Crippen LogP contribution in [0.15, 0.2) is 24.3 Å². The Morgan fingerprint density at radius 2 is 2.12 bits per heavy atom. The molecule has 0 aromatic heterocycles. The number of ether oxygens (including phenoxy) is 1. The van der Waals surface area contributed by atoms with Crippen molar-refractivity contribution in [2.45, 2.75) is 26.7 Å². The molecule has 2 N–H and O–H groups in total. The van der Waals surface area contributed by atoms with E-state index in [1.807, 2.05) is 0 Å². The Labute approximate surface area is 115 Å². The van der Waals surface area contributed by atoms with Gasteiger partial charge in [0.2, 0.25) is 0 Å². The third-order valence-corrected chi connectivity index (χ3v) is 2.12. The predicted molar refractivity (Wildman–Crippen MR) is 69.2 cm³/mol. The van der Waals surface area contributed by atoms with E-state index >= 15 is 0 Å². The molecule has 1 aromatic carbocycles. The summed E-state index contributed by atoms with van der Waals surface area (Å²) in [5.41, 5.74) is -3.04. The largest absolute Gasteiger partial charge is 0.504 e. The van der Waals surface area contributed by atoms with Crippen LogP contribution in [0.25, 0.3) is 6.08 Å². The standard InChI is InChI=1S/C14H20O3/c1-14(2,3)13(16)8-6-10-5-7-11(15)12(9-10)17-4/h5-9,13,15-16H,1-4H3/b8-6+/i1D3,2D3,3D3. The normalized spacial score (nSPS) is 24.0. The molecule has 3 nitrogen and oxygen atoms in total. The highest BCUT2D eigenvalue weighted by Gasteiger charge is 2.18.